The molecule has 0 aromatic carbocycles. The van der Waals surface area contributed by atoms with E-state index in [2.05, 4.69) is 32.1 Å². The van der Waals surface area contributed by atoms with Crippen LogP contribution in [0.2, 0.25) is 0 Å². The van der Waals surface area contributed by atoms with Crippen molar-refractivity contribution in [2.45, 2.75) is 0 Å². The summed E-state index contributed by atoms with van der Waals surface area (Å²) in [5, 5.41) is 0. The second kappa shape index (κ2) is 5.75. The monoisotopic (exact) mass is 236 g/mol. The second-order valence-corrected chi connectivity index (χ2v) is 6.81. The topological polar surface area (TPSA) is 6.48 Å². The molecule has 2 aliphatic heterocycles. The molecular formula is C8H16N2S3. The van der Waals surface area contributed by atoms with Gasteiger partial charge in [-0.3, -0.25) is 0 Å². The molecule has 2 aliphatic rings. The predicted octanol–water partition coefficient (Wildman–Crippen LogP) is 1.65. The molecule has 0 aliphatic carbocycles. The molecule has 2 heterocycles. The highest BCUT2D eigenvalue weighted by Gasteiger charge is 2.17. The molecule has 13 heavy (non-hydrogen) atoms. The first-order chi connectivity index (χ1) is 6.45. The van der Waals surface area contributed by atoms with E-state index in [-0.39, 0.29) is 0 Å². The van der Waals surface area contributed by atoms with Gasteiger partial charge in [0.05, 0.1) is 0 Å². The summed E-state index contributed by atoms with van der Waals surface area (Å²) in [5.74, 6) is 5.26. The zero-order valence-corrected chi connectivity index (χ0v) is 10.2. The zero-order chi connectivity index (χ0) is 8.93. The molecule has 0 aromatic rings. The van der Waals surface area contributed by atoms with Gasteiger partial charge in [0.2, 0.25) is 0 Å². The average Bonchev–Trinajstić information content (AvgIpc) is 2.21. The van der Waals surface area contributed by atoms with Gasteiger partial charge in [0, 0.05) is 61.3 Å². The minimum atomic E-state index is 1.26. The molecule has 2 rings (SSSR count). The molecule has 0 amide bonds. The summed E-state index contributed by atoms with van der Waals surface area (Å²) in [4.78, 5) is 0. The fourth-order valence-corrected chi connectivity index (χ4v) is 4.71. The van der Waals surface area contributed by atoms with E-state index in [1.807, 2.05) is 12.1 Å². The molecule has 0 spiro atoms. The Morgan fingerprint density at radius 2 is 1.08 bits per heavy atom. The molecule has 0 atom stereocenters. The van der Waals surface area contributed by atoms with Crippen molar-refractivity contribution in [3.05, 3.63) is 0 Å². The van der Waals surface area contributed by atoms with Crippen LogP contribution in [-0.2, 0) is 0 Å². The van der Waals surface area contributed by atoms with Gasteiger partial charge >= 0.3 is 0 Å². The number of hydrogen-bond acceptors (Lipinski definition) is 5. The van der Waals surface area contributed by atoms with E-state index in [0.717, 1.165) is 0 Å². The number of rotatable bonds is 2. The number of nitrogens with zero attached hydrogens (tertiary/aromatic N) is 2. The third-order valence-corrected chi connectivity index (χ3v) is 5.25. The van der Waals surface area contributed by atoms with Crippen molar-refractivity contribution < 1.29 is 0 Å². The van der Waals surface area contributed by atoms with Crippen LogP contribution in [0.5, 0.6) is 0 Å². The van der Waals surface area contributed by atoms with E-state index in [9.17, 15) is 0 Å². The molecular weight excluding hydrogens is 220 g/mol. The van der Waals surface area contributed by atoms with E-state index in [1.54, 1.807) is 0 Å². The van der Waals surface area contributed by atoms with Crippen LogP contribution in [0.25, 0.3) is 0 Å². The molecule has 2 fully saturated rings. The predicted molar refractivity (Wildman–Crippen MR) is 65.4 cm³/mol. The zero-order valence-electron chi connectivity index (χ0n) is 7.78. The molecule has 76 valence electrons. The highest BCUT2D eigenvalue weighted by Crippen LogP contribution is 2.23. The first-order valence-corrected chi connectivity index (χ1v) is 7.82. The van der Waals surface area contributed by atoms with Crippen molar-refractivity contribution in [2.24, 2.45) is 0 Å². The first-order valence-electron chi connectivity index (χ1n) is 4.78. The molecule has 0 aromatic heterocycles. The second-order valence-electron chi connectivity index (χ2n) is 3.16. The van der Waals surface area contributed by atoms with Gasteiger partial charge in [-0.15, -0.1) is 0 Å². The molecule has 0 unspecified atom stereocenters. The highest BCUT2D eigenvalue weighted by molar-refractivity contribution is 8.00. The summed E-state index contributed by atoms with van der Waals surface area (Å²) in [6.07, 6.45) is 0. The third-order valence-electron chi connectivity index (χ3n) is 2.17. The molecule has 2 nitrogen and oxygen atoms in total. The van der Waals surface area contributed by atoms with Crippen LogP contribution in [0, 0.1) is 0 Å². The standard InChI is InChI=1S/C8H16N2S3/c1-5-11-6-2-9(1)13-10-3-7-12-8-4-10/h1-8H2. The Morgan fingerprint density at radius 3 is 1.46 bits per heavy atom. The van der Waals surface area contributed by atoms with Crippen molar-refractivity contribution in [1.82, 2.24) is 8.61 Å². The van der Waals surface area contributed by atoms with Crippen molar-refractivity contribution in [2.75, 3.05) is 49.2 Å². The minimum Gasteiger partial charge on any atom is -0.235 e. The van der Waals surface area contributed by atoms with Crippen LogP contribution in [-0.4, -0.2) is 57.8 Å². The fraction of sp³-hybridized carbons (Fsp3) is 1.00. The van der Waals surface area contributed by atoms with Gasteiger partial charge in [-0.1, -0.05) is 0 Å². The lowest BCUT2D eigenvalue weighted by atomic mass is 10.6. The fourth-order valence-electron chi connectivity index (χ4n) is 1.42. The van der Waals surface area contributed by atoms with Gasteiger partial charge in [-0.2, -0.15) is 23.5 Å². The quantitative estimate of drug-likeness (QED) is 0.671. The number of thioether (sulfide) groups is 2. The van der Waals surface area contributed by atoms with Crippen molar-refractivity contribution in [3.8, 4) is 0 Å². The Bertz CT molecular complexity index is 128. The molecule has 0 N–H and O–H groups in total. The average molecular weight is 236 g/mol. The maximum Gasteiger partial charge on any atom is 0.0193 e. The summed E-state index contributed by atoms with van der Waals surface area (Å²) in [7, 11) is 0. The van der Waals surface area contributed by atoms with Crippen LogP contribution in [0.3, 0.4) is 0 Å². The van der Waals surface area contributed by atoms with Crippen LogP contribution in [0.1, 0.15) is 0 Å². The van der Waals surface area contributed by atoms with E-state index in [0.29, 0.717) is 0 Å². The SMILES string of the molecule is C1CN(SN2CCSCC2)CCS1. The Morgan fingerprint density at radius 1 is 0.692 bits per heavy atom. The Kier molecular flexibility index (Phi) is 4.64. The van der Waals surface area contributed by atoms with Gasteiger partial charge in [0.1, 0.15) is 0 Å². The maximum absolute atomic E-state index is 2.52. The van der Waals surface area contributed by atoms with Gasteiger partial charge in [0.25, 0.3) is 0 Å². The first kappa shape index (κ1) is 10.5. The van der Waals surface area contributed by atoms with Gasteiger partial charge in [-0.25, -0.2) is 8.61 Å². The summed E-state index contributed by atoms with van der Waals surface area (Å²) in [6, 6.07) is 0. The van der Waals surface area contributed by atoms with E-state index in [4.69, 9.17) is 0 Å². The third kappa shape index (κ3) is 3.55. The summed E-state index contributed by atoms with van der Waals surface area (Å²) >= 11 is 6.15. The molecule has 0 bridgehead atoms. The van der Waals surface area contributed by atoms with E-state index in [1.165, 1.54) is 49.2 Å². The Hall–Kier alpha value is 0.970. The summed E-state index contributed by atoms with van der Waals surface area (Å²) in [5.41, 5.74) is 0. The lowest BCUT2D eigenvalue weighted by molar-refractivity contribution is 0.453. The van der Waals surface area contributed by atoms with Crippen LogP contribution >= 0.6 is 35.7 Å². The van der Waals surface area contributed by atoms with Gasteiger partial charge in [0.15, 0.2) is 0 Å². The normalized spacial score (nSPS) is 27.7. The smallest absolute Gasteiger partial charge is 0.0193 e. The van der Waals surface area contributed by atoms with Crippen LogP contribution in [0.15, 0.2) is 0 Å². The van der Waals surface area contributed by atoms with Crippen LogP contribution < -0.4 is 0 Å². The molecule has 0 radical (unpaired) electrons. The molecule has 2 saturated heterocycles. The summed E-state index contributed by atoms with van der Waals surface area (Å²) < 4.78 is 5.04. The summed E-state index contributed by atoms with van der Waals surface area (Å²) in [6.45, 7) is 5.05. The lowest BCUT2D eigenvalue weighted by Gasteiger charge is -2.32. The Balaban J connectivity index is 1.69. The maximum atomic E-state index is 2.52. The van der Waals surface area contributed by atoms with Crippen molar-refractivity contribution in [1.29, 1.82) is 0 Å². The van der Waals surface area contributed by atoms with Crippen molar-refractivity contribution >= 4 is 35.7 Å². The van der Waals surface area contributed by atoms with Gasteiger partial charge in [-0.05, 0) is 0 Å². The number of hydrogen-bond donors (Lipinski definition) is 0. The van der Waals surface area contributed by atoms with Gasteiger partial charge < -0.3 is 0 Å². The molecule has 5 heteroatoms. The Labute approximate surface area is 93.4 Å². The van der Waals surface area contributed by atoms with E-state index >= 15 is 0 Å². The van der Waals surface area contributed by atoms with E-state index < -0.39 is 0 Å². The highest BCUT2D eigenvalue weighted by atomic mass is 32.2. The lowest BCUT2D eigenvalue weighted by Crippen LogP contribution is -2.35. The van der Waals surface area contributed by atoms with Crippen LogP contribution in [0.4, 0.5) is 0 Å². The van der Waals surface area contributed by atoms with Crippen molar-refractivity contribution in [3.63, 3.8) is 0 Å². The molecule has 0 saturated carbocycles. The minimum absolute atomic E-state index is 1.26. The largest absolute Gasteiger partial charge is 0.235 e.